The van der Waals surface area contributed by atoms with Gasteiger partial charge in [-0.3, -0.25) is 9.59 Å². The van der Waals surface area contributed by atoms with Crippen molar-refractivity contribution < 1.29 is 27.5 Å². The molecule has 3 rings (SSSR count). The Morgan fingerprint density at radius 2 is 1.80 bits per heavy atom. The Kier molecular flexibility index (Phi) is 5.83. The molecule has 1 unspecified atom stereocenters. The van der Waals surface area contributed by atoms with E-state index in [0.29, 0.717) is 16.7 Å². The predicted octanol–water partition coefficient (Wildman–Crippen LogP) is 1.57. The molecule has 0 aliphatic rings. The van der Waals surface area contributed by atoms with Crippen LogP contribution >= 0.6 is 0 Å². The minimum absolute atomic E-state index is 0.135. The lowest BCUT2D eigenvalue weighted by molar-refractivity contribution is -0.123. The molecule has 0 saturated heterocycles. The first-order valence-electron chi connectivity index (χ1n) is 8.74. The van der Waals surface area contributed by atoms with Gasteiger partial charge < -0.3 is 15.0 Å². The van der Waals surface area contributed by atoms with Gasteiger partial charge in [0, 0.05) is 12.6 Å². The van der Waals surface area contributed by atoms with Crippen molar-refractivity contribution in [2.75, 3.05) is 5.32 Å². The number of carbonyl (C=O) groups excluding carboxylic acids is 3. The summed E-state index contributed by atoms with van der Waals surface area (Å²) in [6, 6.07) is 9.95. The molecular weight excluding hydrogens is 412 g/mol. The normalized spacial score (nSPS) is 12.2. The van der Waals surface area contributed by atoms with Gasteiger partial charge in [-0.2, -0.15) is 0 Å². The van der Waals surface area contributed by atoms with Gasteiger partial charge in [0.25, 0.3) is 15.9 Å². The Morgan fingerprint density at radius 3 is 2.47 bits per heavy atom. The molecule has 156 valence electrons. The molecule has 1 aromatic heterocycles. The summed E-state index contributed by atoms with van der Waals surface area (Å²) in [6.07, 6.45) is 0.403. The van der Waals surface area contributed by atoms with E-state index in [4.69, 9.17) is 4.74 Å². The summed E-state index contributed by atoms with van der Waals surface area (Å²) >= 11 is 0. The number of carbonyl (C=O) groups is 3. The fraction of sp³-hybridized carbons (Fsp3) is 0.158. The van der Waals surface area contributed by atoms with Crippen LogP contribution < -0.4 is 10.0 Å². The largest absolute Gasteiger partial charge is 0.449 e. The number of fused-ring (bicyclic) bond motifs is 1. The van der Waals surface area contributed by atoms with E-state index in [1.165, 1.54) is 37.5 Å². The average molecular weight is 430 g/mol. The Bertz CT molecular complexity index is 1220. The van der Waals surface area contributed by atoms with Crippen LogP contribution in [0.15, 0.2) is 53.7 Å². The second-order valence-electron chi connectivity index (χ2n) is 6.36. The average Bonchev–Trinajstić information content (AvgIpc) is 3.15. The zero-order valence-electron chi connectivity index (χ0n) is 16.0. The molecule has 3 N–H and O–H groups in total. The second-order valence-corrected chi connectivity index (χ2v) is 8.04. The highest BCUT2D eigenvalue weighted by Gasteiger charge is 2.20. The SMILES string of the molecule is CC(=O)NS(=O)(=O)c1ccc(NC(=O)C(C)OC(=O)c2ccc3nc[nH]c3c2)cc1. The topological polar surface area (TPSA) is 147 Å². The molecule has 1 atom stereocenters. The van der Waals surface area contributed by atoms with Crippen LogP contribution in [0.2, 0.25) is 0 Å². The lowest BCUT2D eigenvalue weighted by atomic mass is 10.2. The number of hydrogen-bond donors (Lipinski definition) is 3. The molecule has 0 bridgehead atoms. The number of nitrogens with one attached hydrogen (secondary N) is 3. The number of nitrogens with zero attached hydrogens (tertiary/aromatic N) is 1. The van der Waals surface area contributed by atoms with E-state index in [1.54, 1.807) is 18.2 Å². The summed E-state index contributed by atoms with van der Waals surface area (Å²) in [5.41, 5.74) is 1.92. The van der Waals surface area contributed by atoms with Crippen LogP contribution in [0.1, 0.15) is 24.2 Å². The number of anilines is 1. The van der Waals surface area contributed by atoms with Gasteiger partial charge in [-0.15, -0.1) is 0 Å². The number of amides is 2. The van der Waals surface area contributed by atoms with Crippen molar-refractivity contribution in [1.29, 1.82) is 0 Å². The maximum Gasteiger partial charge on any atom is 0.338 e. The van der Waals surface area contributed by atoms with Crippen molar-refractivity contribution >= 4 is 44.5 Å². The van der Waals surface area contributed by atoms with Crippen LogP contribution in [-0.2, 0) is 24.3 Å². The molecule has 1 heterocycles. The van der Waals surface area contributed by atoms with Crippen LogP contribution in [0.4, 0.5) is 5.69 Å². The number of imidazole rings is 1. The Hall–Kier alpha value is -3.73. The summed E-state index contributed by atoms with van der Waals surface area (Å²) in [7, 11) is -3.97. The summed E-state index contributed by atoms with van der Waals surface area (Å²) in [4.78, 5) is 42.4. The van der Waals surface area contributed by atoms with Gasteiger partial charge in [0.05, 0.1) is 27.8 Å². The molecule has 2 aromatic carbocycles. The highest BCUT2D eigenvalue weighted by atomic mass is 32.2. The summed E-state index contributed by atoms with van der Waals surface area (Å²) in [5, 5.41) is 2.53. The summed E-state index contributed by atoms with van der Waals surface area (Å²) in [5.74, 6) is -1.98. The quantitative estimate of drug-likeness (QED) is 0.503. The van der Waals surface area contributed by atoms with E-state index >= 15 is 0 Å². The van der Waals surface area contributed by atoms with Crippen molar-refractivity contribution in [2.45, 2.75) is 24.8 Å². The third-order valence-corrected chi connectivity index (χ3v) is 5.47. The van der Waals surface area contributed by atoms with E-state index in [0.717, 1.165) is 6.92 Å². The van der Waals surface area contributed by atoms with Crippen LogP contribution in [0.5, 0.6) is 0 Å². The van der Waals surface area contributed by atoms with Crippen LogP contribution in [0, 0.1) is 0 Å². The molecule has 0 spiro atoms. The molecule has 2 amide bonds. The van der Waals surface area contributed by atoms with Crippen molar-refractivity contribution in [3.8, 4) is 0 Å². The third kappa shape index (κ3) is 4.81. The predicted molar refractivity (Wildman–Crippen MR) is 107 cm³/mol. The Morgan fingerprint density at radius 1 is 1.10 bits per heavy atom. The van der Waals surface area contributed by atoms with E-state index < -0.39 is 33.9 Å². The van der Waals surface area contributed by atoms with Crippen molar-refractivity contribution in [3.63, 3.8) is 0 Å². The Labute approximate surface area is 171 Å². The number of esters is 1. The molecule has 0 fully saturated rings. The second kappa shape index (κ2) is 8.33. The third-order valence-electron chi connectivity index (χ3n) is 4.02. The fourth-order valence-corrected chi connectivity index (χ4v) is 3.54. The van der Waals surface area contributed by atoms with Gasteiger partial charge in [-0.1, -0.05) is 0 Å². The molecule has 10 nitrogen and oxygen atoms in total. The molecule has 3 aromatic rings. The number of H-pyrrole nitrogens is 1. The van der Waals surface area contributed by atoms with Gasteiger partial charge in [0.2, 0.25) is 5.91 Å². The van der Waals surface area contributed by atoms with Crippen LogP contribution in [0.25, 0.3) is 11.0 Å². The maximum atomic E-state index is 12.3. The van der Waals surface area contributed by atoms with Gasteiger partial charge in [-0.25, -0.2) is 22.9 Å². The molecule has 0 saturated carbocycles. The van der Waals surface area contributed by atoms with Gasteiger partial charge in [0.15, 0.2) is 6.10 Å². The lowest BCUT2D eigenvalue weighted by Crippen LogP contribution is -2.30. The van der Waals surface area contributed by atoms with Gasteiger partial charge in [0.1, 0.15) is 0 Å². The summed E-state index contributed by atoms with van der Waals surface area (Å²) < 4.78 is 30.9. The first kappa shape index (κ1) is 21.0. The monoisotopic (exact) mass is 430 g/mol. The zero-order valence-corrected chi connectivity index (χ0v) is 16.8. The molecule has 0 radical (unpaired) electrons. The number of aromatic nitrogens is 2. The minimum atomic E-state index is -3.97. The minimum Gasteiger partial charge on any atom is -0.449 e. The molecule has 0 aliphatic carbocycles. The van der Waals surface area contributed by atoms with Crippen LogP contribution in [-0.4, -0.2) is 42.3 Å². The highest BCUT2D eigenvalue weighted by Crippen LogP contribution is 2.16. The molecule has 30 heavy (non-hydrogen) atoms. The number of sulfonamides is 1. The number of hydrogen-bond acceptors (Lipinski definition) is 7. The number of rotatable bonds is 6. The highest BCUT2D eigenvalue weighted by molar-refractivity contribution is 7.90. The van der Waals surface area contributed by atoms with E-state index in [2.05, 4.69) is 15.3 Å². The zero-order chi connectivity index (χ0) is 21.9. The molecule has 11 heteroatoms. The maximum absolute atomic E-state index is 12.3. The fourth-order valence-electron chi connectivity index (χ4n) is 2.55. The van der Waals surface area contributed by atoms with Crippen molar-refractivity contribution in [3.05, 3.63) is 54.4 Å². The van der Waals surface area contributed by atoms with E-state index in [9.17, 15) is 22.8 Å². The Balaban J connectivity index is 1.62. The first-order chi connectivity index (χ1) is 14.2. The lowest BCUT2D eigenvalue weighted by Gasteiger charge is -2.14. The number of aromatic amines is 1. The van der Waals surface area contributed by atoms with Gasteiger partial charge >= 0.3 is 5.97 Å². The van der Waals surface area contributed by atoms with Crippen molar-refractivity contribution in [1.82, 2.24) is 14.7 Å². The molecular formula is C19H18N4O6S. The molecule has 0 aliphatic heterocycles. The van der Waals surface area contributed by atoms with Gasteiger partial charge in [-0.05, 0) is 49.4 Å². The smallest absolute Gasteiger partial charge is 0.338 e. The van der Waals surface area contributed by atoms with E-state index in [1.807, 2.05) is 4.72 Å². The van der Waals surface area contributed by atoms with E-state index in [-0.39, 0.29) is 10.5 Å². The number of ether oxygens (including phenoxy) is 1. The van der Waals surface area contributed by atoms with Crippen molar-refractivity contribution in [2.24, 2.45) is 0 Å². The standard InChI is InChI=1S/C19H18N4O6S/c1-11(29-19(26)13-3-8-16-17(9-13)21-10-20-16)18(25)22-14-4-6-15(7-5-14)30(27,28)23-12(2)24/h3-11H,1-2H3,(H,20,21)(H,22,25)(H,23,24). The van der Waals surface area contributed by atoms with Crippen LogP contribution in [0.3, 0.4) is 0 Å². The first-order valence-corrected chi connectivity index (χ1v) is 10.2. The number of benzene rings is 2. The summed E-state index contributed by atoms with van der Waals surface area (Å²) in [6.45, 7) is 2.50.